The normalized spacial score (nSPS) is 9.94. The topological polar surface area (TPSA) is 64.3 Å². The van der Waals surface area contributed by atoms with Crippen molar-refractivity contribution < 1.29 is 9.53 Å². The van der Waals surface area contributed by atoms with Gasteiger partial charge < -0.3 is 15.8 Å². The highest BCUT2D eigenvalue weighted by atomic mass is 32.1. The summed E-state index contributed by atoms with van der Waals surface area (Å²) in [6, 6.07) is 6.93. The number of nitrogens with one attached hydrogen (secondary N) is 1. The molecule has 0 aliphatic heterocycles. The molecule has 2 aromatic rings. The van der Waals surface area contributed by atoms with Crippen LogP contribution in [-0.2, 0) is 0 Å². The van der Waals surface area contributed by atoms with Gasteiger partial charge >= 0.3 is 0 Å². The number of ether oxygens (including phenoxy) is 1. The second-order valence-corrected chi connectivity index (χ2v) is 4.17. The van der Waals surface area contributed by atoms with Crippen LogP contribution in [0.5, 0.6) is 5.75 Å². The van der Waals surface area contributed by atoms with Crippen molar-refractivity contribution in [3.05, 3.63) is 40.6 Å². The number of methoxy groups -OCH3 is 1. The molecule has 2 rings (SSSR count). The van der Waals surface area contributed by atoms with Crippen LogP contribution >= 0.6 is 11.3 Å². The highest BCUT2D eigenvalue weighted by molar-refractivity contribution is 7.08. The van der Waals surface area contributed by atoms with Gasteiger partial charge in [0.2, 0.25) is 0 Å². The molecule has 0 aliphatic rings. The van der Waals surface area contributed by atoms with Gasteiger partial charge in [-0.3, -0.25) is 4.79 Å². The molecule has 1 aromatic heterocycles. The van der Waals surface area contributed by atoms with Gasteiger partial charge in [-0.1, -0.05) is 6.07 Å². The fraction of sp³-hybridized carbons (Fsp3) is 0.0833. The Balaban J connectivity index is 2.28. The van der Waals surface area contributed by atoms with E-state index in [4.69, 9.17) is 10.5 Å². The first-order valence-corrected chi connectivity index (χ1v) is 5.92. The number of hydrogen-bond acceptors (Lipinski definition) is 4. The van der Waals surface area contributed by atoms with Crippen molar-refractivity contribution in [1.29, 1.82) is 0 Å². The Morgan fingerprint density at radius 3 is 2.88 bits per heavy atom. The van der Waals surface area contributed by atoms with E-state index in [-0.39, 0.29) is 5.91 Å². The molecule has 17 heavy (non-hydrogen) atoms. The molecule has 0 bridgehead atoms. The SMILES string of the molecule is COc1c(N)cccc1C(=O)Nc1ccsc1. The molecule has 0 aliphatic carbocycles. The maximum Gasteiger partial charge on any atom is 0.259 e. The van der Waals surface area contributed by atoms with E-state index in [0.29, 0.717) is 17.0 Å². The van der Waals surface area contributed by atoms with E-state index in [1.807, 2.05) is 16.8 Å². The van der Waals surface area contributed by atoms with Gasteiger partial charge in [-0.25, -0.2) is 0 Å². The minimum Gasteiger partial charge on any atom is -0.494 e. The first-order chi connectivity index (χ1) is 8.22. The molecule has 1 heterocycles. The zero-order valence-electron chi connectivity index (χ0n) is 9.27. The van der Waals surface area contributed by atoms with Crippen LogP contribution < -0.4 is 15.8 Å². The van der Waals surface area contributed by atoms with Crippen LogP contribution in [0.1, 0.15) is 10.4 Å². The van der Waals surface area contributed by atoms with Gasteiger partial charge in [0.25, 0.3) is 5.91 Å². The van der Waals surface area contributed by atoms with Crippen molar-refractivity contribution in [3.63, 3.8) is 0 Å². The summed E-state index contributed by atoms with van der Waals surface area (Å²) in [4.78, 5) is 12.0. The van der Waals surface area contributed by atoms with Crippen molar-refractivity contribution in [2.75, 3.05) is 18.2 Å². The van der Waals surface area contributed by atoms with Crippen LogP contribution in [-0.4, -0.2) is 13.0 Å². The third-order valence-electron chi connectivity index (χ3n) is 2.27. The quantitative estimate of drug-likeness (QED) is 0.820. The van der Waals surface area contributed by atoms with E-state index < -0.39 is 0 Å². The molecule has 1 aromatic carbocycles. The molecule has 4 nitrogen and oxygen atoms in total. The molecule has 5 heteroatoms. The van der Waals surface area contributed by atoms with Crippen LogP contribution in [0.4, 0.5) is 11.4 Å². The lowest BCUT2D eigenvalue weighted by molar-refractivity contribution is 0.102. The van der Waals surface area contributed by atoms with Gasteiger partial charge in [0.1, 0.15) is 0 Å². The van der Waals surface area contributed by atoms with E-state index in [9.17, 15) is 4.79 Å². The monoisotopic (exact) mass is 248 g/mol. The van der Waals surface area contributed by atoms with Crippen molar-refractivity contribution in [2.45, 2.75) is 0 Å². The summed E-state index contributed by atoms with van der Waals surface area (Å²) in [6.45, 7) is 0. The third-order valence-corrected chi connectivity index (χ3v) is 2.96. The highest BCUT2D eigenvalue weighted by Crippen LogP contribution is 2.26. The summed E-state index contributed by atoms with van der Waals surface area (Å²) in [5, 5.41) is 6.53. The Morgan fingerprint density at radius 1 is 1.41 bits per heavy atom. The van der Waals surface area contributed by atoms with Gasteiger partial charge in [0.05, 0.1) is 24.0 Å². The smallest absolute Gasteiger partial charge is 0.259 e. The van der Waals surface area contributed by atoms with E-state index in [0.717, 1.165) is 5.69 Å². The van der Waals surface area contributed by atoms with E-state index in [1.165, 1.54) is 18.4 Å². The van der Waals surface area contributed by atoms with Gasteiger partial charge in [0, 0.05) is 5.38 Å². The van der Waals surface area contributed by atoms with Crippen molar-refractivity contribution in [1.82, 2.24) is 0 Å². The number of benzene rings is 1. The molecule has 0 atom stereocenters. The lowest BCUT2D eigenvalue weighted by atomic mass is 10.1. The predicted molar refractivity (Wildman–Crippen MR) is 69.7 cm³/mol. The van der Waals surface area contributed by atoms with Crippen LogP contribution in [0.3, 0.4) is 0 Å². The molecule has 88 valence electrons. The van der Waals surface area contributed by atoms with Crippen molar-refractivity contribution in [3.8, 4) is 5.75 Å². The number of nitrogens with two attached hydrogens (primary N) is 1. The highest BCUT2D eigenvalue weighted by Gasteiger charge is 2.14. The van der Waals surface area contributed by atoms with E-state index in [2.05, 4.69) is 5.32 Å². The first kappa shape index (κ1) is 11.5. The zero-order chi connectivity index (χ0) is 12.3. The van der Waals surface area contributed by atoms with Crippen LogP contribution in [0.2, 0.25) is 0 Å². The maximum absolute atomic E-state index is 12.0. The Morgan fingerprint density at radius 2 is 2.24 bits per heavy atom. The number of thiophene rings is 1. The first-order valence-electron chi connectivity index (χ1n) is 4.98. The summed E-state index contributed by atoms with van der Waals surface area (Å²) in [7, 11) is 1.49. The molecule has 0 radical (unpaired) electrons. The molecule has 0 spiro atoms. The fourth-order valence-electron chi connectivity index (χ4n) is 1.50. The molecule has 0 unspecified atom stereocenters. The summed E-state index contributed by atoms with van der Waals surface area (Å²) in [6.07, 6.45) is 0. The summed E-state index contributed by atoms with van der Waals surface area (Å²) >= 11 is 1.52. The minimum atomic E-state index is -0.229. The van der Waals surface area contributed by atoms with Gasteiger partial charge in [-0.2, -0.15) is 11.3 Å². The van der Waals surface area contributed by atoms with Crippen LogP contribution in [0.25, 0.3) is 0 Å². The summed E-state index contributed by atoms with van der Waals surface area (Å²) < 4.78 is 5.13. The lowest BCUT2D eigenvalue weighted by Crippen LogP contribution is -2.13. The number of nitrogen functional groups attached to an aromatic ring is 1. The molecule has 0 saturated heterocycles. The molecule has 0 fully saturated rings. The van der Waals surface area contributed by atoms with Crippen molar-refractivity contribution in [2.24, 2.45) is 0 Å². The number of hydrogen-bond donors (Lipinski definition) is 2. The molecule has 3 N–H and O–H groups in total. The van der Waals surface area contributed by atoms with E-state index >= 15 is 0 Å². The van der Waals surface area contributed by atoms with Gasteiger partial charge in [-0.05, 0) is 23.6 Å². The second kappa shape index (κ2) is 4.88. The third kappa shape index (κ3) is 2.39. The van der Waals surface area contributed by atoms with E-state index in [1.54, 1.807) is 18.2 Å². The maximum atomic E-state index is 12.0. The Labute approximate surface area is 103 Å². The average Bonchev–Trinajstić information content (AvgIpc) is 2.81. The largest absolute Gasteiger partial charge is 0.494 e. The summed E-state index contributed by atoms with van der Waals surface area (Å²) in [5.41, 5.74) is 7.39. The van der Waals surface area contributed by atoms with Crippen LogP contribution in [0, 0.1) is 0 Å². The van der Waals surface area contributed by atoms with Crippen molar-refractivity contribution >= 4 is 28.6 Å². The lowest BCUT2D eigenvalue weighted by Gasteiger charge is -2.10. The Hall–Kier alpha value is -2.01. The summed E-state index contributed by atoms with van der Waals surface area (Å²) in [5.74, 6) is 0.174. The Kier molecular flexibility index (Phi) is 3.30. The molecular weight excluding hydrogens is 236 g/mol. The predicted octanol–water partition coefficient (Wildman–Crippen LogP) is 2.59. The fourth-order valence-corrected chi connectivity index (χ4v) is 2.08. The van der Waals surface area contributed by atoms with Gasteiger partial charge in [-0.15, -0.1) is 0 Å². The standard InChI is InChI=1S/C12H12N2O2S/c1-16-11-9(3-2-4-10(11)13)12(15)14-8-5-6-17-7-8/h2-7H,13H2,1H3,(H,14,15). The second-order valence-electron chi connectivity index (χ2n) is 3.39. The minimum absolute atomic E-state index is 0.229. The number of carbonyl (C=O) groups excluding carboxylic acids is 1. The number of anilines is 2. The molecule has 1 amide bonds. The van der Waals surface area contributed by atoms with Gasteiger partial charge in [0.15, 0.2) is 5.75 Å². The number of rotatable bonds is 3. The molecule has 0 saturated carbocycles. The van der Waals surface area contributed by atoms with Crippen LogP contribution in [0.15, 0.2) is 35.0 Å². The number of amides is 1. The average molecular weight is 248 g/mol. The number of carbonyl (C=O) groups is 1. The Bertz CT molecular complexity index is 523. The molecular formula is C12H12N2O2S. The number of para-hydroxylation sites is 1. The zero-order valence-corrected chi connectivity index (χ0v) is 10.1.